The van der Waals surface area contributed by atoms with Crippen LogP contribution < -0.4 is 4.90 Å². The molecule has 1 aliphatic heterocycles. The second kappa shape index (κ2) is 10.2. The molecule has 0 spiro atoms. The van der Waals surface area contributed by atoms with E-state index in [0.717, 1.165) is 10.2 Å². The molecule has 0 aromatic heterocycles. The molecule has 148 valence electrons. The number of hydrogen-bond donors (Lipinski definition) is 0. The molecule has 9 heteroatoms. The van der Waals surface area contributed by atoms with Gasteiger partial charge in [-0.2, -0.15) is 5.26 Å². The van der Waals surface area contributed by atoms with Gasteiger partial charge in [0.2, 0.25) is 0 Å². The van der Waals surface area contributed by atoms with Gasteiger partial charge in [0, 0.05) is 25.7 Å². The number of amides is 1. The number of carbonyl (C=O) groups is 1. The first kappa shape index (κ1) is 23.6. The van der Waals surface area contributed by atoms with Gasteiger partial charge < -0.3 is 14.5 Å². The molecule has 1 fully saturated rings. The van der Waals surface area contributed by atoms with Gasteiger partial charge in [-0.15, -0.1) is 0 Å². The SMILES string of the molecule is C[C@H]1CN(C(=O)OC(C)(C)C)CCN1c1cc(C#N)cc(Cl)c1Br.[Cu][Br]. The first-order valence-electron chi connectivity index (χ1n) is 7.87. The molecule has 1 aromatic carbocycles. The molecule has 1 atom stereocenters. The zero-order valence-electron chi connectivity index (χ0n) is 14.9. The third kappa shape index (κ3) is 6.31. The van der Waals surface area contributed by atoms with E-state index in [4.69, 9.17) is 21.6 Å². The van der Waals surface area contributed by atoms with Gasteiger partial charge in [0.25, 0.3) is 0 Å². The first-order valence-corrected chi connectivity index (χ1v) is 11.4. The zero-order chi connectivity index (χ0) is 20.1. The van der Waals surface area contributed by atoms with Crippen molar-refractivity contribution in [2.45, 2.75) is 39.3 Å². The number of nitrogens with zero attached hydrogens (tertiary/aromatic N) is 3. The fraction of sp³-hybridized carbons (Fsp3) is 0.529. The number of benzene rings is 1. The van der Waals surface area contributed by atoms with E-state index in [9.17, 15) is 4.79 Å². The van der Waals surface area contributed by atoms with E-state index < -0.39 is 5.60 Å². The van der Waals surface area contributed by atoms with Gasteiger partial charge in [0.05, 0.1) is 26.8 Å². The summed E-state index contributed by atoms with van der Waals surface area (Å²) in [5.41, 5.74) is 0.880. The van der Waals surface area contributed by atoms with Crippen molar-refractivity contribution in [3.8, 4) is 6.07 Å². The van der Waals surface area contributed by atoms with Crippen molar-refractivity contribution in [3.63, 3.8) is 0 Å². The number of nitriles is 1. The Bertz CT molecular complexity index is 692. The molecule has 0 saturated carbocycles. The van der Waals surface area contributed by atoms with Crippen LogP contribution in [0.25, 0.3) is 0 Å². The summed E-state index contributed by atoms with van der Waals surface area (Å²) in [7, 11) is 0. The molecule has 1 heterocycles. The average Bonchev–Trinajstić information content (AvgIpc) is 2.57. The molecular weight excluding hydrogens is 537 g/mol. The molecule has 5 nitrogen and oxygen atoms in total. The Morgan fingerprint density at radius 1 is 1.38 bits per heavy atom. The van der Waals surface area contributed by atoms with Crippen LogP contribution in [0.5, 0.6) is 0 Å². The van der Waals surface area contributed by atoms with Crippen LogP contribution in [-0.4, -0.2) is 42.3 Å². The molecule has 0 unspecified atom stereocenters. The van der Waals surface area contributed by atoms with Crippen molar-refractivity contribution in [1.82, 2.24) is 4.90 Å². The normalized spacial score (nSPS) is 17.2. The summed E-state index contributed by atoms with van der Waals surface area (Å²) in [6, 6.07) is 5.65. The number of hydrogen-bond acceptors (Lipinski definition) is 4. The summed E-state index contributed by atoms with van der Waals surface area (Å²) in [6.07, 6.45) is -0.295. The molecule has 26 heavy (non-hydrogen) atoms. The van der Waals surface area contributed by atoms with E-state index in [-0.39, 0.29) is 12.1 Å². The number of halogens is 3. The Balaban J connectivity index is 0.00000163. The molecule has 0 N–H and O–H groups in total. The molecule has 0 radical (unpaired) electrons. The van der Waals surface area contributed by atoms with Crippen molar-refractivity contribution in [2.75, 3.05) is 24.5 Å². The molecule has 0 bridgehead atoms. The quantitative estimate of drug-likeness (QED) is 0.442. The van der Waals surface area contributed by atoms with Crippen LogP contribution in [0.2, 0.25) is 5.02 Å². The maximum absolute atomic E-state index is 12.2. The van der Waals surface area contributed by atoms with Gasteiger partial charge in [0.1, 0.15) is 5.60 Å². The van der Waals surface area contributed by atoms with Gasteiger partial charge in [-0.05, 0) is 55.8 Å². The average molecular weight is 558 g/mol. The van der Waals surface area contributed by atoms with Crippen molar-refractivity contribution in [2.24, 2.45) is 0 Å². The molecule has 0 aliphatic carbocycles. The van der Waals surface area contributed by atoms with Crippen LogP contribution in [0, 0.1) is 11.3 Å². The molecular formula is C17H21Br2ClCuN3O2. The van der Waals surface area contributed by atoms with Gasteiger partial charge >= 0.3 is 34.4 Å². The molecule has 1 amide bonds. The number of carbonyl (C=O) groups excluding carboxylic acids is 1. The van der Waals surface area contributed by atoms with Crippen LogP contribution in [0.3, 0.4) is 0 Å². The Labute approximate surface area is 183 Å². The standard InChI is InChI=1S/C17H21BrClN3O2.BrH.Cu/c1-11-10-21(16(23)24-17(2,3)4)5-6-22(11)14-8-12(9-20)7-13(19)15(14)18;;/h7-8,11H,5-6,10H2,1-4H3;1H;/q;;+1/p-1/t11-;;/m0../s1. The molecule has 2 rings (SSSR count). The van der Waals surface area contributed by atoms with Crippen LogP contribution in [-0.2, 0) is 18.9 Å². The van der Waals surface area contributed by atoms with E-state index in [1.807, 2.05) is 33.8 Å². The Morgan fingerprint density at radius 2 is 2.00 bits per heavy atom. The van der Waals surface area contributed by atoms with Crippen LogP contribution in [0.1, 0.15) is 33.3 Å². The van der Waals surface area contributed by atoms with E-state index in [1.54, 1.807) is 11.0 Å². The van der Waals surface area contributed by atoms with E-state index in [2.05, 4.69) is 55.2 Å². The minimum atomic E-state index is -0.505. The third-order valence-corrected chi connectivity index (χ3v) is 5.09. The van der Waals surface area contributed by atoms with Crippen molar-refractivity contribution in [3.05, 3.63) is 27.2 Å². The van der Waals surface area contributed by atoms with Crippen LogP contribution in [0.4, 0.5) is 10.5 Å². The molecule has 1 aromatic rings. The van der Waals surface area contributed by atoms with Gasteiger partial charge in [0.15, 0.2) is 0 Å². The summed E-state index contributed by atoms with van der Waals surface area (Å²) < 4.78 is 6.21. The number of ether oxygens (including phenoxy) is 1. The Hall–Kier alpha value is -0.451. The second-order valence-corrected chi connectivity index (χ2v) is 8.07. The van der Waals surface area contributed by atoms with Gasteiger partial charge in [-0.3, -0.25) is 0 Å². The van der Waals surface area contributed by atoms with Crippen LogP contribution >= 0.6 is 41.6 Å². The summed E-state index contributed by atoms with van der Waals surface area (Å²) in [5, 5.41) is 9.66. The van der Waals surface area contributed by atoms with E-state index in [0.29, 0.717) is 30.2 Å². The predicted molar refractivity (Wildman–Crippen MR) is 107 cm³/mol. The van der Waals surface area contributed by atoms with Crippen molar-refractivity contribution >= 4 is 53.4 Å². The summed E-state index contributed by atoms with van der Waals surface area (Å²) >= 11 is 16.2. The predicted octanol–water partition coefficient (Wildman–Crippen LogP) is 5.26. The molecule has 1 aliphatic rings. The zero-order valence-corrected chi connectivity index (χ0v) is 19.8. The van der Waals surface area contributed by atoms with Crippen LogP contribution in [0.15, 0.2) is 16.6 Å². The van der Waals surface area contributed by atoms with E-state index >= 15 is 0 Å². The van der Waals surface area contributed by atoms with Crippen molar-refractivity contribution in [1.29, 1.82) is 5.26 Å². The van der Waals surface area contributed by atoms with Gasteiger partial charge in [-0.25, -0.2) is 4.79 Å². The molecule has 1 saturated heterocycles. The number of piperazine rings is 1. The third-order valence-electron chi connectivity index (χ3n) is 3.73. The van der Waals surface area contributed by atoms with Gasteiger partial charge in [-0.1, -0.05) is 11.6 Å². The first-order chi connectivity index (χ1) is 12.1. The maximum atomic E-state index is 12.2. The second-order valence-electron chi connectivity index (χ2n) is 6.87. The summed E-state index contributed by atoms with van der Waals surface area (Å²) in [4.78, 5) is 16.1. The number of rotatable bonds is 1. The minimum absolute atomic E-state index is 0.0765. The monoisotopic (exact) mass is 555 g/mol. The Morgan fingerprint density at radius 3 is 2.50 bits per heavy atom. The summed E-state index contributed by atoms with van der Waals surface area (Å²) in [5.74, 6) is 0. The van der Waals surface area contributed by atoms with E-state index in [1.165, 1.54) is 0 Å². The number of anilines is 1. The summed E-state index contributed by atoms with van der Waals surface area (Å²) in [6.45, 7) is 9.36. The fourth-order valence-electron chi connectivity index (χ4n) is 2.66. The fourth-order valence-corrected chi connectivity index (χ4v) is 3.33. The van der Waals surface area contributed by atoms with Crippen molar-refractivity contribution < 1.29 is 23.7 Å². The topological polar surface area (TPSA) is 56.6 Å². The Kier molecular flexibility index (Phi) is 9.25.